The second-order valence-corrected chi connectivity index (χ2v) is 4.69. The molecule has 0 atom stereocenters. The molecule has 0 aliphatic heterocycles. The first-order chi connectivity index (χ1) is 6.91. The first-order valence-electron chi connectivity index (χ1n) is 5.64. The first-order valence-corrected chi connectivity index (χ1v) is 5.64. The average molecular weight is 202 g/mol. The zero-order chi connectivity index (χ0) is 11.7. The summed E-state index contributed by atoms with van der Waals surface area (Å²) in [5, 5.41) is 0. The van der Waals surface area contributed by atoms with Crippen molar-refractivity contribution in [2.45, 2.75) is 47.5 Å². The molecule has 0 aromatic heterocycles. The maximum Gasteiger partial charge on any atom is -0.0198 e. The van der Waals surface area contributed by atoms with E-state index in [0.29, 0.717) is 5.92 Å². The molecule has 0 radical (unpaired) electrons. The largest absolute Gasteiger partial charge is 0.0984 e. The van der Waals surface area contributed by atoms with Gasteiger partial charge in [0.1, 0.15) is 0 Å². The fourth-order valence-corrected chi connectivity index (χ4v) is 2.54. The van der Waals surface area contributed by atoms with Gasteiger partial charge >= 0.3 is 0 Å². The van der Waals surface area contributed by atoms with Crippen molar-refractivity contribution in [3.05, 3.63) is 40.0 Å². The van der Waals surface area contributed by atoms with Gasteiger partial charge in [0.2, 0.25) is 0 Å². The van der Waals surface area contributed by atoms with Gasteiger partial charge < -0.3 is 0 Å². The van der Waals surface area contributed by atoms with E-state index < -0.39 is 0 Å². The Labute approximate surface area is 94.0 Å². The van der Waals surface area contributed by atoms with Crippen molar-refractivity contribution in [1.29, 1.82) is 0 Å². The smallest absolute Gasteiger partial charge is 0.0198 e. The molecule has 0 nitrogen and oxygen atoms in total. The Kier molecular flexibility index (Phi) is 3.38. The highest BCUT2D eigenvalue weighted by Crippen LogP contribution is 2.31. The Balaban J connectivity index is 3.66. The van der Waals surface area contributed by atoms with Crippen LogP contribution < -0.4 is 0 Å². The van der Waals surface area contributed by atoms with E-state index in [-0.39, 0.29) is 0 Å². The van der Waals surface area contributed by atoms with Crippen LogP contribution in [0.4, 0.5) is 0 Å². The third-order valence-corrected chi connectivity index (χ3v) is 3.52. The van der Waals surface area contributed by atoms with Gasteiger partial charge in [0, 0.05) is 0 Å². The molecule has 0 saturated carbocycles. The Bertz CT molecular complexity index is 366. The number of benzene rings is 1. The topological polar surface area (TPSA) is 0 Å². The van der Waals surface area contributed by atoms with Crippen molar-refractivity contribution in [2.75, 3.05) is 0 Å². The van der Waals surface area contributed by atoms with Gasteiger partial charge in [-0.1, -0.05) is 26.5 Å². The standard InChI is InChI=1S/C15H22/c1-8-14-10(4)12(6)15(9(2)3)13(7)11(14)5/h8-9H,1H2,2-7H3. The molecule has 0 bridgehead atoms. The fourth-order valence-electron chi connectivity index (χ4n) is 2.54. The van der Waals surface area contributed by atoms with Crippen molar-refractivity contribution in [3.63, 3.8) is 0 Å². The SMILES string of the molecule is C=Cc1c(C)c(C)c(C(C)C)c(C)c1C. The molecule has 0 aliphatic rings. The monoisotopic (exact) mass is 202 g/mol. The highest BCUT2D eigenvalue weighted by Gasteiger charge is 2.14. The van der Waals surface area contributed by atoms with E-state index in [9.17, 15) is 0 Å². The van der Waals surface area contributed by atoms with E-state index in [2.05, 4.69) is 48.1 Å². The molecule has 1 aromatic carbocycles. The summed E-state index contributed by atoms with van der Waals surface area (Å²) in [7, 11) is 0. The third kappa shape index (κ3) is 1.86. The minimum atomic E-state index is 0.598. The van der Waals surface area contributed by atoms with Gasteiger partial charge in [0.05, 0.1) is 0 Å². The molecule has 82 valence electrons. The fraction of sp³-hybridized carbons (Fsp3) is 0.467. The molecule has 1 aromatic rings. The van der Waals surface area contributed by atoms with E-state index in [1.807, 2.05) is 6.08 Å². The third-order valence-electron chi connectivity index (χ3n) is 3.52. The maximum absolute atomic E-state index is 3.91. The summed E-state index contributed by atoms with van der Waals surface area (Å²) in [6, 6.07) is 0. The molecule has 0 heteroatoms. The highest BCUT2D eigenvalue weighted by atomic mass is 14.2. The summed E-state index contributed by atoms with van der Waals surface area (Å²) in [5.41, 5.74) is 8.46. The summed E-state index contributed by atoms with van der Waals surface area (Å²) < 4.78 is 0. The molecule has 0 amide bonds. The van der Waals surface area contributed by atoms with Gasteiger partial charge in [-0.3, -0.25) is 0 Å². The molecule has 0 fully saturated rings. The van der Waals surface area contributed by atoms with Crippen LogP contribution in [0.1, 0.15) is 53.1 Å². The van der Waals surface area contributed by atoms with Gasteiger partial charge in [-0.15, -0.1) is 0 Å². The van der Waals surface area contributed by atoms with Crippen LogP contribution in [0.2, 0.25) is 0 Å². The molecule has 0 heterocycles. The second-order valence-electron chi connectivity index (χ2n) is 4.69. The quantitative estimate of drug-likeness (QED) is 0.653. The molecular formula is C15H22. The predicted molar refractivity (Wildman–Crippen MR) is 69.6 cm³/mol. The zero-order valence-electron chi connectivity index (χ0n) is 10.9. The normalized spacial score (nSPS) is 10.9. The first kappa shape index (κ1) is 12.0. The van der Waals surface area contributed by atoms with E-state index in [0.717, 1.165) is 0 Å². The molecular weight excluding hydrogens is 180 g/mol. The van der Waals surface area contributed by atoms with Crippen molar-refractivity contribution >= 4 is 6.08 Å². The van der Waals surface area contributed by atoms with Crippen LogP contribution in [0.25, 0.3) is 6.08 Å². The van der Waals surface area contributed by atoms with Crippen molar-refractivity contribution in [2.24, 2.45) is 0 Å². The molecule has 0 unspecified atom stereocenters. The van der Waals surface area contributed by atoms with Crippen molar-refractivity contribution in [3.8, 4) is 0 Å². The number of rotatable bonds is 2. The Morgan fingerprint density at radius 1 is 0.867 bits per heavy atom. The lowest BCUT2D eigenvalue weighted by atomic mass is 9.84. The van der Waals surface area contributed by atoms with Crippen LogP contribution in [0.15, 0.2) is 6.58 Å². The van der Waals surface area contributed by atoms with E-state index in [4.69, 9.17) is 0 Å². The Hall–Kier alpha value is -1.04. The predicted octanol–water partition coefficient (Wildman–Crippen LogP) is 4.69. The van der Waals surface area contributed by atoms with Crippen LogP contribution in [0.3, 0.4) is 0 Å². The molecule has 0 aliphatic carbocycles. The average Bonchev–Trinajstić information content (AvgIpc) is 2.16. The van der Waals surface area contributed by atoms with Crippen LogP contribution in [-0.2, 0) is 0 Å². The molecule has 15 heavy (non-hydrogen) atoms. The summed E-state index contributed by atoms with van der Waals surface area (Å²) in [6.07, 6.45) is 1.98. The summed E-state index contributed by atoms with van der Waals surface area (Å²) >= 11 is 0. The number of hydrogen-bond acceptors (Lipinski definition) is 0. The van der Waals surface area contributed by atoms with Crippen LogP contribution in [0, 0.1) is 27.7 Å². The Morgan fingerprint density at radius 3 is 1.53 bits per heavy atom. The minimum absolute atomic E-state index is 0.598. The van der Waals surface area contributed by atoms with Gasteiger partial charge in [0.15, 0.2) is 0 Å². The van der Waals surface area contributed by atoms with Crippen LogP contribution in [0.5, 0.6) is 0 Å². The van der Waals surface area contributed by atoms with Gasteiger partial charge in [0.25, 0.3) is 0 Å². The summed E-state index contributed by atoms with van der Waals surface area (Å²) in [4.78, 5) is 0. The second kappa shape index (κ2) is 4.22. The molecule has 0 N–H and O–H groups in total. The highest BCUT2D eigenvalue weighted by molar-refractivity contribution is 5.63. The lowest BCUT2D eigenvalue weighted by Gasteiger charge is -2.21. The van der Waals surface area contributed by atoms with Crippen molar-refractivity contribution in [1.82, 2.24) is 0 Å². The minimum Gasteiger partial charge on any atom is -0.0984 e. The van der Waals surface area contributed by atoms with Gasteiger partial charge in [-0.05, 0) is 67.0 Å². The zero-order valence-corrected chi connectivity index (χ0v) is 10.9. The summed E-state index contributed by atoms with van der Waals surface area (Å²) in [5.74, 6) is 0.598. The van der Waals surface area contributed by atoms with E-state index in [1.54, 1.807) is 0 Å². The number of hydrogen-bond donors (Lipinski definition) is 0. The van der Waals surface area contributed by atoms with Crippen LogP contribution >= 0.6 is 0 Å². The van der Waals surface area contributed by atoms with Gasteiger partial charge in [-0.2, -0.15) is 0 Å². The maximum atomic E-state index is 3.91. The van der Waals surface area contributed by atoms with E-state index >= 15 is 0 Å². The van der Waals surface area contributed by atoms with Gasteiger partial charge in [-0.25, -0.2) is 0 Å². The molecule has 0 spiro atoms. The summed E-state index contributed by atoms with van der Waals surface area (Å²) in [6.45, 7) is 17.3. The lowest BCUT2D eigenvalue weighted by molar-refractivity contribution is 0.839. The lowest BCUT2D eigenvalue weighted by Crippen LogP contribution is -2.04. The molecule has 1 rings (SSSR count). The molecule has 0 saturated heterocycles. The van der Waals surface area contributed by atoms with E-state index in [1.165, 1.54) is 33.4 Å². The Morgan fingerprint density at radius 2 is 1.27 bits per heavy atom. The van der Waals surface area contributed by atoms with Crippen molar-refractivity contribution < 1.29 is 0 Å². The van der Waals surface area contributed by atoms with Crippen LogP contribution in [-0.4, -0.2) is 0 Å².